The highest BCUT2D eigenvalue weighted by atomic mass is 17.3. The summed E-state index contributed by atoms with van der Waals surface area (Å²) in [5.41, 5.74) is -0.484. The minimum atomic E-state index is -0.711. The van der Waals surface area contributed by atoms with Gasteiger partial charge < -0.3 is 14.2 Å². The molecule has 2 bridgehead atoms. The Morgan fingerprint density at radius 3 is 1.97 bits per heavy atom. The molecule has 8 atom stereocenters. The van der Waals surface area contributed by atoms with Gasteiger partial charge in [-0.15, -0.1) is 0 Å². The van der Waals surface area contributed by atoms with Crippen LogP contribution in [0.15, 0.2) is 0 Å². The van der Waals surface area contributed by atoms with E-state index in [1.165, 1.54) is 89.9 Å². The number of rotatable bonds is 16. The van der Waals surface area contributed by atoms with Gasteiger partial charge in [0.15, 0.2) is 18.2 Å². The van der Waals surface area contributed by atoms with Crippen molar-refractivity contribution in [2.45, 2.75) is 167 Å². The smallest absolute Gasteiger partial charge is 0.201 e. The largest absolute Gasteiger partial charge is 0.352 e. The maximum atomic E-state index is 6.53. The second kappa shape index (κ2) is 13.7. The molecule has 1 saturated carbocycles. The summed E-state index contributed by atoms with van der Waals surface area (Å²) in [6.07, 6.45) is 22.9. The molecule has 5 rings (SSSR count). The van der Waals surface area contributed by atoms with Gasteiger partial charge in [0.25, 0.3) is 0 Å². The number of fused-ring (bicyclic) bond motifs is 2. The summed E-state index contributed by atoms with van der Waals surface area (Å²) in [7, 11) is 0. The number of hydrogen-bond acceptors (Lipinski definition) is 5. The molecule has 210 valence electrons. The Bertz CT molecular complexity index is 642. The van der Waals surface area contributed by atoms with E-state index in [0.29, 0.717) is 17.8 Å². The average molecular weight is 509 g/mol. The van der Waals surface area contributed by atoms with Crippen LogP contribution in [0.3, 0.4) is 0 Å². The third-order valence-electron chi connectivity index (χ3n) is 9.88. The fraction of sp³-hybridized carbons (Fsp3) is 1.00. The molecular formula is C31H56O5. The van der Waals surface area contributed by atoms with Crippen LogP contribution >= 0.6 is 0 Å². The number of unbranched alkanes of at least 4 members (excludes halogenated alkanes) is 13. The third-order valence-corrected chi connectivity index (χ3v) is 9.88. The highest BCUT2D eigenvalue weighted by Gasteiger charge is 2.69. The molecule has 5 aliphatic rings. The minimum absolute atomic E-state index is 0.215. The first kappa shape index (κ1) is 28.8. The monoisotopic (exact) mass is 508 g/mol. The van der Waals surface area contributed by atoms with Gasteiger partial charge >= 0.3 is 0 Å². The van der Waals surface area contributed by atoms with Crippen LogP contribution in [0.5, 0.6) is 0 Å². The van der Waals surface area contributed by atoms with Crippen LogP contribution in [0.1, 0.15) is 143 Å². The van der Waals surface area contributed by atoms with E-state index < -0.39 is 17.7 Å². The second-order valence-corrected chi connectivity index (χ2v) is 12.7. The second-order valence-electron chi connectivity index (χ2n) is 12.7. The fourth-order valence-electron chi connectivity index (χ4n) is 7.56. The molecule has 0 amide bonds. The van der Waals surface area contributed by atoms with Gasteiger partial charge in [-0.2, -0.15) is 0 Å². The topological polar surface area (TPSA) is 46.2 Å². The van der Waals surface area contributed by atoms with E-state index in [9.17, 15) is 0 Å². The Morgan fingerprint density at radius 1 is 0.722 bits per heavy atom. The van der Waals surface area contributed by atoms with Crippen molar-refractivity contribution in [3.05, 3.63) is 0 Å². The molecule has 0 aromatic rings. The first-order chi connectivity index (χ1) is 17.5. The van der Waals surface area contributed by atoms with Gasteiger partial charge in [-0.3, -0.25) is 0 Å². The molecule has 4 heterocycles. The Hall–Kier alpha value is -0.200. The van der Waals surface area contributed by atoms with E-state index in [-0.39, 0.29) is 12.2 Å². The predicted molar refractivity (Wildman–Crippen MR) is 143 cm³/mol. The van der Waals surface area contributed by atoms with Crippen LogP contribution < -0.4 is 0 Å². The van der Waals surface area contributed by atoms with Gasteiger partial charge in [-0.05, 0) is 44.4 Å². The summed E-state index contributed by atoms with van der Waals surface area (Å²) in [6.45, 7) is 9.69. The lowest BCUT2D eigenvalue weighted by Gasteiger charge is -2.60. The molecular weight excluding hydrogens is 452 g/mol. The summed E-state index contributed by atoms with van der Waals surface area (Å²) in [5, 5.41) is 0. The lowest BCUT2D eigenvalue weighted by atomic mass is 9.58. The van der Waals surface area contributed by atoms with Crippen molar-refractivity contribution in [3.63, 3.8) is 0 Å². The quantitative estimate of drug-likeness (QED) is 0.154. The minimum Gasteiger partial charge on any atom is -0.352 e. The fourth-order valence-corrected chi connectivity index (χ4v) is 7.56. The van der Waals surface area contributed by atoms with E-state index in [4.69, 9.17) is 24.0 Å². The lowest BCUT2D eigenvalue weighted by molar-refractivity contribution is -0.577. The molecule has 5 fully saturated rings. The maximum Gasteiger partial charge on any atom is 0.201 e. The molecule has 1 spiro atoms. The van der Waals surface area contributed by atoms with Crippen LogP contribution in [0.25, 0.3) is 0 Å². The van der Waals surface area contributed by atoms with Gasteiger partial charge in [-0.25, -0.2) is 9.78 Å². The van der Waals surface area contributed by atoms with Crippen LogP contribution in [-0.4, -0.2) is 30.6 Å². The molecule has 4 aliphatic heterocycles. The summed E-state index contributed by atoms with van der Waals surface area (Å²) in [5.74, 6) is 0.927. The molecule has 0 N–H and O–H groups in total. The highest BCUT2D eigenvalue weighted by molar-refractivity contribution is 5.09. The van der Waals surface area contributed by atoms with Crippen molar-refractivity contribution in [1.29, 1.82) is 0 Å². The van der Waals surface area contributed by atoms with Crippen LogP contribution in [0, 0.1) is 23.7 Å². The number of ether oxygens (including phenoxy) is 3. The molecule has 36 heavy (non-hydrogen) atoms. The van der Waals surface area contributed by atoms with Gasteiger partial charge in [0.05, 0.1) is 0 Å². The van der Waals surface area contributed by atoms with Crippen molar-refractivity contribution in [2.75, 3.05) is 6.61 Å². The lowest BCUT2D eigenvalue weighted by Crippen LogP contribution is -2.70. The highest BCUT2D eigenvalue weighted by Crippen LogP contribution is 2.60. The van der Waals surface area contributed by atoms with Crippen molar-refractivity contribution < 1.29 is 24.0 Å². The predicted octanol–water partition coefficient (Wildman–Crippen LogP) is 8.69. The Labute approximate surface area is 221 Å². The van der Waals surface area contributed by atoms with Gasteiger partial charge in [-0.1, -0.05) is 104 Å². The molecule has 0 unspecified atom stereocenters. The molecule has 5 nitrogen and oxygen atoms in total. The van der Waals surface area contributed by atoms with Crippen LogP contribution in [-0.2, 0) is 24.0 Å². The zero-order valence-electron chi connectivity index (χ0n) is 23.9. The summed E-state index contributed by atoms with van der Waals surface area (Å²) < 4.78 is 19.3. The molecule has 4 saturated heterocycles. The average Bonchev–Trinajstić information content (AvgIpc) is 3.10. The van der Waals surface area contributed by atoms with Crippen LogP contribution in [0.2, 0.25) is 0 Å². The van der Waals surface area contributed by atoms with E-state index in [1.54, 1.807) is 0 Å². The van der Waals surface area contributed by atoms with E-state index in [2.05, 4.69) is 20.8 Å². The van der Waals surface area contributed by atoms with Crippen molar-refractivity contribution in [2.24, 2.45) is 23.7 Å². The van der Waals surface area contributed by atoms with Crippen molar-refractivity contribution >= 4 is 0 Å². The molecule has 5 heteroatoms. The molecule has 0 radical (unpaired) electrons. The van der Waals surface area contributed by atoms with Crippen molar-refractivity contribution in [1.82, 2.24) is 0 Å². The first-order valence-corrected chi connectivity index (χ1v) is 15.8. The SMILES string of the molecule is CCCCCCCCCCCCCCCCO[C@H]1O[C@H]2O[C@@]3(C)CC[C@H]4[C@H](C)CC[C@@H]([C@H]1C)[C@@]24OO3. The van der Waals surface area contributed by atoms with Crippen molar-refractivity contribution in [3.8, 4) is 0 Å². The summed E-state index contributed by atoms with van der Waals surface area (Å²) >= 11 is 0. The first-order valence-electron chi connectivity index (χ1n) is 15.8. The van der Waals surface area contributed by atoms with Gasteiger partial charge in [0.2, 0.25) is 5.79 Å². The molecule has 1 aliphatic carbocycles. The Kier molecular flexibility index (Phi) is 11.0. The van der Waals surface area contributed by atoms with E-state index >= 15 is 0 Å². The Morgan fingerprint density at radius 2 is 1.33 bits per heavy atom. The van der Waals surface area contributed by atoms with Gasteiger partial charge in [0, 0.05) is 24.9 Å². The summed E-state index contributed by atoms with van der Waals surface area (Å²) in [6, 6.07) is 0. The van der Waals surface area contributed by atoms with Crippen LogP contribution in [0.4, 0.5) is 0 Å². The summed E-state index contributed by atoms with van der Waals surface area (Å²) in [4.78, 5) is 12.1. The van der Waals surface area contributed by atoms with E-state index in [1.807, 2.05) is 6.92 Å². The zero-order chi connectivity index (χ0) is 25.4. The molecule has 0 aromatic carbocycles. The van der Waals surface area contributed by atoms with E-state index in [0.717, 1.165) is 32.3 Å². The zero-order valence-corrected chi connectivity index (χ0v) is 23.9. The third kappa shape index (κ3) is 6.68. The Balaban J connectivity index is 1.10. The standard InChI is InChI=1S/C31H56O5/c1-5-6-7-8-9-10-11-12-13-14-15-16-17-18-23-32-28-25(3)27-20-19-24(2)26-21-22-30(4)34-29(33-28)31(26,27)36-35-30/h24-29H,5-23H2,1-4H3/t24-,25-,26+,27+,28+,29+,30-,31-/m1/s1. The maximum absolute atomic E-state index is 6.53. The number of hydrogen-bond donors (Lipinski definition) is 0. The normalized spacial score (nSPS) is 39.7. The molecule has 0 aromatic heterocycles. The van der Waals surface area contributed by atoms with Gasteiger partial charge in [0.1, 0.15) is 0 Å².